The third-order valence-corrected chi connectivity index (χ3v) is 3.34. The molecule has 4 N–H and O–H groups in total. The van der Waals surface area contributed by atoms with Crippen molar-refractivity contribution in [1.29, 1.82) is 0 Å². The molecule has 10 heteroatoms. The first-order chi connectivity index (χ1) is 10.2. The van der Waals surface area contributed by atoms with Crippen LogP contribution in [0.1, 0.15) is 29.2 Å². The van der Waals surface area contributed by atoms with Gasteiger partial charge in [-0.3, -0.25) is 4.99 Å². The van der Waals surface area contributed by atoms with Crippen molar-refractivity contribution in [2.24, 2.45) is 16.6 Å². The SMILES string of the molecule is NC1=NC(CC(O)Cc2nc(C(=O)O)co2)[C@@H](C(F)(F)F)C1. The number of halogens is 3. The van der Waals surface area contributed by atoms with Crippen LogP contribution in [0.5, 0.6) is 0 Å². The summed E-state index contributed by atoms with van der Waals surface area (Å²) in [6, 6.07) is -1.16. The van der Waals surface area contributed by atoms with Gasteiger partial charge >= 0.3 is 12.1 Å². The maximum atomic E-state index is 12.8. The number of aliphatic hydroxyl groups excluding tert-OH is 1. The topological polar surface area (TPSA) is 122 Å². The number of carboxylic acids is 1. The summed E-state index contributed by atoms with van der Waals surface area (Å²) in [5.41, 5.74) is 5.01. The number of aromatic nitrogens is 1. The fourth-order valence-corrected chi connectivity index (χ4v) is 2.33. The highest BCUT2D eigenvalue weighted by molar-refractivity contribution is 5.84. The number of hydrogen-bond donors (Lipinski definition) is 3. The van der Waals surface area contributed by atoms with Gasteiger partial charge in [-0.1, -0.05) is 0 Å². The van der Waals surface area contributed by atoms with E-state index in [2.05, 4.69) is 9.98 Å². The van der Waals surface area contributed by atoms with Crippen LogP contribution in [0.25, 0.3) is 0 Å². The van der Waals surface area contributed by atoms with E-state index < -0.39 is 30.2 Å². The average Bonchev–Trinajstić information content (AvgIpc) is 2.95. The molecule has 3 atom stereocenters. The largest absolute Gasteiger partial charge is 0.476 e. The number of aliphatic imine (C=N–C) groups is 1. The fraction of sp³-hybridized carbons (Fsp3) is 0.583. The van der Waals surface area contributed by atoms with E-state index in [1.165, 1.54) is 0 Å². The highest BCUT2D eigenvalue weighted by Gasteiger charge is 2.48. The van der Waals surface area contributed by atoms with Gasteiger partial charge in [-0.2, -0.15) is 13.2 Å². The number of rotatable bonds is 5. The summed E-state index contributed by atoms with van der Waals surface area (Å²) in [6.45, 7) is 0. The number of nitrogens with zero attached hydrogens (tertiary/aromatic N) is 2. The van der Waals surface area contributed by atoms with Gasteiger partial charge in [0.25, 0.3) is 0 Å². The van der Waals surface area contributed by atoms with E-state index in [4.69, 9.17) is 15.3 Å². The van der Waals surface area contributed by atoms with E-state index in [9.17, 15) is 23.1 Å². The minimum Gasteiger partial charge on any atom is -0.476 e. The van der Waals surface area contributed by atoms with Crippen LogP contribution in [0.15, 0.2) is 15.7 Å². The van der Waals surface area contributed by atoms with Gasteiger partial charge in [0.15, 0.2) is 11.6 Å². The van der Waals surface area contributed by atoms with Crippen LogP contribution in [0.3, 0.4) is 0 Å². The molecule has 2 heterocycles. The second kappa shape index (κ2) is 5.95. The molecule has 0 saturated heterocycles. The Bertz CT molecular complexity index is 584. The molecule has 7 nitrogen and oxygen atoms in total. The fourth-order valence-electron chi connectivity index (χ4n) is 2.33. The summed E-state index contributed by atoms with van der Waals surface area (Å²) in [5.74, 6) is -3.18. The summed E-state index contributed by atoms with van der Waals surface area (Å²) in [5, 5.41) is 18.5. The number of aromatic carboxylic acids is 1. The molecular weight excluding hydrogens is 307 g/mol. The molecule has 1 aliphatic heterocycles. The minimum absolute atomic E-state index is 0.0663. The van der Waals surface area contributed by atoms with E-state index in [1.54, 1.807) is 0 Å². The van der Waals surface area contributed by atoms with E-state index in [-0.39, 0.29) is 36.7 Å². The highest BCUT2D eigenvalue weighted by atomic mass is 19.4. The van der Waals surface area contributed by atoms with Crippen LogP contribution >= 0.6 is 0 Å². The Morgan fingerprint density at radius 3 is 2.77 bits per heavy atom. The van der Waals surface area contributed by atoms with Gasteiger partial charge in [0.2, 0.25) is 0 Å². The van der Waals surface area contributed by atoms with Gasteiger partial charge in [0, 0.05) is 6.42 Å². The zero-order chi connectivity index (χ0) is 16.5. The maximum absolute atomic E-state index is 12.8. The number of nitrogens with two attached hydrogens (primary N) is 1. The molecule has 122 valence electrons. The number of hydrogen-bond acceptors (Lipinski definition) is 6. The molecule has 1 aromatic rings. The van der Waals surface area contributed by atoms with Gasteiger partial charge in [0.1, 0.15) is 6.26 Å². The molecule has 0 radical (unpaired) electrons. The normalized spacial score (nSPS) is 23.4. The second-order valence-corrected chi connectivity index (χ2v) is 5.07. The first-order valence-corrected chi connectivity index (χ1v) is 6.41. The van der Waals surface area contributed by atoms with Gasteiger partial charge in [-0.25, -0.2) is 9.78 Å². The molecule has 0 fully saturated rings. The van der Waals surface area contributed by atoms with E-state index >= 15 is 0 Å². The lowest BCUT2D eigenvalue weighted by molar-refractivity contribution is -0.177. The summed E-state index contributed by atoms with van der Waals surface area (Å²) in [4.78, 5) is 17.9. The third kappa shape index (κ3) is 3.75. The molecule has 0 aromatic carbocycles. The van der Waals surface area contributed by atoms with Crippen molar-refractivity contribution in [1.82, 2.24) is 4.98 Å². The Hall–Kier alpha value is -2.10. The van der Waals surface area contributed by atoms with Gasteiger partial charge in [-0.05, 0) is 6.42 Å². The maximum Gasteiger partial charge on any atom is 0.394 e. The van der Waals surface area contributed by atoms with Gasteiger partial charge < -0.3 is 20.4 Å². The highest BCUT2D eigenvalue weighted by Crippen LogP contribution is 2.38. The molecule has 0 amide bonds. The lowest BCUT2D eigenvalue weighted by atomic mass is 9.93. The Balaban J connectivity index is 1.98. The minimum atomic E-state index is -4.45. The lowest BCUT2D eigenvalue weighted by Crippen LogP contribution is -2.33. The second-order valence-electron chi connectivity index (χ2n) is 5.07. The van der Waals surface area contributed by atoms with E-state index in [0.717, 1.165) is 6.26 Å². The molecule has 0 saturated carbocycles. The smallest absolute Gasteiger partial charge is 0.394 e. The number of carboxylic acid groups (broad SMARTS) is 1. The molecule has 0 bridgehead atoms. The molecule has 0 aliphatic carbocycles. The molecule has 2 rings (SSSR count). The molecule has 1 aromatic heterocycles. The predicted octanol–water partition coefficient (Wildman–Crippen LogP) is 0.974. The molecular formula is C12H14F3N3O4. The van der Waals surface area contributed by atoms with Crippen LogP contribution in [-0.4, -0.2) is 45.3 Å². The first kappa shape index (κ1) is 16.3. The lowest BCUT2D eigenvalue weighted by Gasteiger charge is -2.22. The summed E-state index contributed by atoms with van der Waals surface area (Å²) < 4.78 is 43.4. The summed E-state index contributed by atoms with van der Waals surface area (Å²) in [6.07, 6.45) is -5.62. The number of oxazole rings is 1. The average molecular weight is 321 g/mol. The Labute approximate surface area is 122 Å². The molecule has 22 heavy (non-hydrogen) atoms. The standard InChI is InChI=1S/C12H14F3N3O4/c13-12(14,15)6-3-9(16)17-7(6)1-5(19)2-10-18-8(4-22-10)11(20)21/h4-7,19H,1-3H2,(H2,16,17)(H,20,21)/t5?,6-,7?/m0/s1. The van der Waals surface area contributed by atoms with Crippen molar-refractivity contribution in [3.8, 4) is 0 Å². The van der Waals surface area contributed by atoms with Crippen LogP contribution in [0.2, 0.25) is 0 Å². The van der Waals surface area contributed by atoms with Crippen molar-refractivity contribution in [2.45, 2.75) is 37.6 Å². The Morgan fingerprint density at radius 1 is 1.55 bits per heavy atom. The monoisotopic (exact) mass is 321 g/mol. The summed E-state index contributed by atoms with van der Waals surface area (Å²) >= 11 is 0. The zero-order valence-corrected chi connectivity index (χ0v) is 11.2. The zero-order valence-electron chi connectivity index (χ0n) is 11.2. The number of aliphatic hydroxyl groups is 1. The van der Waals surface area contributed by atoms with Gasteiger partial charge in [0.05, 0.1) is 30.3 Å². The number of amidine groups is 1. The van der Waals surface area contributed by atoms with Crippen molar-refractivity contribution in [2.75, 3.05) is 0 Å². The Morgan fingerprint density at radius 2 is 2.23 bits per heavy atom. The Kier molecular flexibility index (Phi) is 4.40. The van der Waals surface area contributed by atoms with Crippen molar-refractivity contribution >= 4 is 11.8 Å². The van der Waals surface area contributed by atoms with Crippen LogP contribution in [-0.2, 0) is 6.42 Å². The van der Waals surface area contributed by atoms with Crippen molar-refractivity contribution in [3.63, 3.8) is 0 Å². The van der Waals surface area contributed by atoms with E-state index in [1.807, 2.05) is 0 Å². The van der Waals surface area contributed by atoms with Crippen molar-refractivity contribution in [3.05, 3.63) is 17.8 Å². The quantitative estimate of drug-likeness (QED) is 0.743. The number of alkyl halides is 3. The van der Waals surface area contributed by atoms with Crippen molar-refractivity contribution < 1.29 is 32.6 Å². The summed E-state index contributed by atoms with van der Waals surface area (Å²) in [7, 11) is 0. The van der Waals surface area contributed by atoms with Crippen LogP contribution in [0.4, 0.5) is 13.2 Å². The van der Waals surface area contributed by atoms with Crippen LogP contribution < -0.4 is 5.73 Å². The van der Waals surface area contributed by atoms with Gasteiger partial charge in [-0.15, -0.1) is 0 Å². The first-order valence-electron chi connectivity index (χ1n) is 6.41. The molecule has 2 unspecified atom stereocenters. The third-order valence-electron chi connectivity index (χ3n) is 3.34. The predicted molar refractivity (Wildman–Crippen MR) is 67.4 cm³/mol. The number of carbonyl (C=O) groups is 1. The molecule has 1 aliphatic rings. The molecule has 0 spiro atoms. The van der Waals surface area contributed by atoms with E-state index in [0.29, 0.717) is 0 Å². The van der Waals surface area contributed by atoms with Crippen LogP contribution in [0, 0.1) is 5.92 Å².